The maximum Gasteiger partial charge on any atom is 0.162 e. The predicted octanol–water partition coefficient (Wildman–Crippen LogP) is 3.43. The van der Waals surface area contributed by atoms with Crippen molar-refractivity contribution in [2.45, 2.75) is 24.9 Å². The van der Waals surface area contributed by atoms with Gasteiger partial charge in [-0.1, -0.05) is 24.4 Å². The normalized spacial score (nSPS) is 21.8. The lowest BCUT2D eigenvalue weighted by Crippen LogP contribution is -2.44. The third kappa shape index (κ3) is 3.68. The molecule has 1 aromatic heterocycles. The third-order valence-corrected chi connectivity index (χ3v) is 6.09. The molecule has 2 atom stereocenters. The first-order valence-electron chi connectivity index (χ1n) is 10.0. The van der Waals surface area contributed by atoms with Crippen molar-refractivity contribution in [1.82, 2.24) is 20.2 Å². The van der Waals surface area contributed by atoms with Gasteiger partial charge in [0.15, 0.2) is 11.5 Å². The van der Waals surface area contributed by atoms with Crippen molar-refractivity contribution in [3.63, 3.8) is 0 Å². The van der Waals surface area contributed by atoms with Gasteiger partial charge in [-0.05, 0) is 50.2 Å². The minimum atomic E-state index is 0.233. The van der Waals surface area contributed by atoms with Gasteiger partial charge in [-0.15, -0.1) is 0 Å². The number of benzene rings is 2. The number of nitrogens with zero attached hydrogens (tertiary/aromatic N) is 2. The van der Waals surface area contributed by atoms with Crippen LogP contribution in [0.25, 0.3) is 11.0 Å². The molecule has 3 aromatic rings. The minimum absolute atomic E-state index is 0.233. The summed E-state index contributed by atoms with van der Waals surface area (Å²) in [4.78, 5) is 11.4. The summed E-state index contributed by atoms with van der Waals surface area (Å²) in [6, 6.07) is 14.6. The van der Waals surface area contributed by atoms with Crippen molar-refractivity contribution in [1.29, 1.82) is 0 Å². The van der Waals surface area contributed by atoms with Gasteiger partial charge in [0.1, 0.15) is 24.0 Å². The molecule has 29 heavy (non-hydrogen) atoms. The Morgan fingerprint density at radius 3 is 2.86 bits per heavy atom. The molecule has 2 aliphatic heterocycles. The Hall–Kier alpha value is -2.64. The fourth-order valence-corrected chi connectivity index (χ4v) is 4.41. The van der Waals surface area contributed by atoms with Gasteiger partial charge in [-0.3, -0.25) is 4.90 Å². The van der Waals surface area contributed by atoms with Gasteiger partial charge in [-0.2, -0.15) is 0 Å². The predicted molar refractivity (Wildman–Crippen MR) is 117 cm³/mol. The van der Waals surface area contributed by atoms with Gasteiger partial charge < -0.3 is 19.8 Å². The van der Waals surface area contributed by atoms with E-state index in [9.17, 15) is 0 Å². The standard InChI is InChI=1S/C22H24N4O2S/c1-26-9-8-15(13-18(26)21-24-16-4-2-3-5-17(16)25-21)23-22(29)14-6-7-19-20(12-14)28-11-10-27-19/h2-7,12,15,18H,8-11,13H2,1H3,(H,23,29)(H,24,25). The Morgan fingerprint density at radius 1 is 1.17 bits per heavy atom. The maximum atomic E-state index is 5.70. The Kier molecular flexibility index (Phi) is 4.85. The number of imidazole rings is 1. The molecule has 0 saturated carbocycles. The number of nitrogens with one attached hydrogen (secondary N) is 2. The minimum Gasteiger partial charge on any atom is -0.486 e. The number of aromatic nitrogens is 2. The van der Waals surface area contributed by atoms with Crippen molar-refractivity contribution in [2.24, 2.45) is 0 Å². The summed E-state index contributed by atoms with van der Waals surface area (Å²) in [5, 5.41) is 3.56. The summed E-state index contributed by atoms with van der Waals surface area (Å²) in [6.45, 7) is 2.15. The van der Waals surface area contributed by atoms with Gasteiger partial charge >= 0.3 is 0 Å². The molecule has 150 valence electrons. The second-order valence-corrected chi connectivity index (χ2v) is 8.10. The van der Waals surface area contributed by atoms with Gasteiger partial charge in [0.05, 0.1) is 17.1 Å². The van der Waals surface area contributed by atoms with E-state index in [1.54, 1.807) is 0 Å². The van der Waals surface area contributed by atoms with E-state index in [1.807, 2.05) is 36.4 Å². The summed E-state index contributed by atoms with van der Waals surface area (Å²) in [7, 11) is 2.16. The van der Waals surface area contributed by atoms with Crippen LogP contribution >= 0.6 is 12.2 Å². The zero-order valence-corrected chi connectivity index (χ0v) is 17.2. The topological polar surface area (TPSA) is 62.4 Å². The molecule has 0 spiro atoms. The molecule has 2 unspecified atom stereocenters. The van der Waals surface area contributed by atoms with Crippen LogP contribution in [0.2, 0.25) is 0 Å². The van der Waals surface area contributed by atoms with Gasteiger partial charge in [0.25, 0.3) is 0 Å². The van der Waals surface area contributed by atoms with Gasteiger partial charge in [0, 0.05) is 18.2 Å². The zero-order chi connectivity index (χ0) is 19.8. The number of hydrogen-bond donors (Lipinski definition) is 2. The average Bonchev–Trinajstić information content (AvgIpc) is 3.18. The highest BCUT2D eigenvalue weighted by Gasteiger charge is 2.30. The van der Waals surface area contributed by atoms with Crippen molar-refractivity contribution < 1.29 is 9.47 Å². The SMILES string of the molecule is CN1CCC(NC(=S)c2ccc3c(c2)OCCO3)CC1c1nc2ccccc2[nH]1. The largest absolute Gasteiger partial charge is 0.486 e. The highest BCUT2D eigenvalue weighted by molar-refractivity contribution is 7.80. The van der Waals surface area contributed by atoms with Crippen molar-refractivity contribution >= 4 is 28.2 Å². The molecular weight excluding hydrogens is 384 g/mol. The molecule has 2 N–H and O–H groups in total. The molecule has 0 aliphatic carbocycles. The number of aromatic amines is 1. The first-order valence-corrected chi connectivity index (χ1v) is 10.4. The van der Waals surface area contributed by atoms with Crippen LogP contribution in [-0.4, -0.2) is 52.7 Å². The van der Waals surface area contributed by atoms with Crippen molar-refractivity contribution in [2.75, 3.05) is 26.8 Å². The smallest absolute Gasteiger partial charge is 0.162 e. The van der Waals surface area contributed by atoms with E-state index in [-0.39, 0.29) is 6.04 Å². The quantitative estimate of drug-likeness (QED) is 0.648. The zero-order valence-electron chi connectivity index (χ0n) is 16.4. The molecule has 5 rings (SSSR count). The lowest BCUT2D eigenvalue weighted by atomic mass is 9.97. The van der Waals surface area contributed by atoms with Gasteiger partial charge in [0.2, 0.25) is 0 Å². The van der Waals surface area contributed by atoms with E-state index in [2.05, 4.69) is 28.3 Å². The molecule has 2 aromatic carbocycles. The molecule has 0 amide bonds. The molecule has 1 fully saturated rings. The van der Waals surface area contributed by atoms with E-state index >= 15 is 0 Å². The first-order chi connectivity index (χ1) is 14.2. The van der Waals surface area contributed by atoms with Crippen LogP contribution < -0.4 is 14.8 Å². The van der Waals surface area contributed by atoms with Crippen LogP contribution in [0.1, 0.15) is 30.3 Å². The summed E-state index contributed by atoms with van der Waals surface area (Å²) >= 11 is 5.70. The lowest BCUT2D eigenvalue weighted by Gasteiger charge is -2.36. The molecule has 7 heteroatoms. The second-order valence-electron chi connectivity index (χ2n) is 7.69. The van der Waals surface area contributed by atoms with Crippen LogP contribution in [-0.2, 0) is 0 Å². The number of hydrogen-bond acceptors (Lipinski definition) is 5. The number of likely N-dealkylation sites (tertiary alicyclic amines) is 1. The number of fused-ring (bicyclic) bond motifs is 2. The molecule has 3 heterocycles. The Bertz CT molecular complexity index is 1020. The van der Waals surface area contributed by atoms with E-state index in [1.165, 1.54) is 0 Å². The maximum absolute atomic E-state index is 5.70. The Labute approximate surface area is 175 Å². The number of ether oxygens (including phenoxy) is 2. The van der Waals surface area contributed by atoms with Crippen molar-refractivity contribution in [3.05, 3.63) is 53.9 Å². The Morgan fingerprint density at radius 2 is 2.00 bits per heavy atom. The van der Waals surface area contributed by atoms with E-state index in [0.717, 1.165) is 58.3 Å². The molecule has 2 aliphatic rings. The van der Waals surface area contributed by atoms with Crippen molar-refractivity contribution in [3.8, 4) is 11.5 Å². The summed E-state index contributed by atoms with van der Waals surface area (Å²) in [5.74, 6) is 2.57. The molecule has 6 nitrogen and oxygen atoms in total. The van der Waals surface area contributed by atoms with Crippen LogP contribution in [0.3, 0.4) is 0 Å². The second kappa shape index (κ2) is 7.65. The summed E-state index contributed by atoms with van der Waals surface area (Å²) in [6.07, 6.45) is 1.99. The monoisotopic (exact) mass is 408 g/mol. The van der Waals surface area contributed by atoms with Crippen LogP contribution in [0, 0.1) is 0 Å². The van der Waals surface area contributed by atoms with E-state index in [0.29, 0.717) is 19.3 Å². The average molecular weight is 409 g/mol. The third-order valence-electron chi connectivity index (χ3n) is 5.73. The fraction of sp³-hybridized carbons (Fsp3) is 0.364. The van der Waals surface area contributed by atoms with Crippen LogP contribution in [0.15, 0.2) is 42.5 Å². The molecule has 1 saturated heterocycles. The highest BCUT2D eigenvalue weighted by Crippen LogP contribution is 2.32. The van der Waals surface area contributed by atoms with E-state index in [4.69, 9.17) is 26.7 Å². The molecule has 0 bridgehead atoms. The summed E-state index contributed by atoms with van der Waals surface area (Å²) < 4.78 is 11.3. The fourth-order valence-electron chi connectivity index (χ4n) is 4.12. The molecule has 0 radical (unpaired) electrons. The van der Waals surface area contributed by atoms with Crippen LogP contribution in [0.5, 0.6) is 11.5 Å². The van der Waals surface area contributed by atoms with Gasteiger partial charge in [-0.25, -0.2) is 4.98 Å². The number of piperidine rings is 1. The molecular formula is C22H24N4O2S. The number of rotatable bonds is 3. The number of para-hydroxylation sites is 2. The summed E-state index contributed by atoms with van der Waals surface area (Å²) in [5.41, 5.74) is 3.05. The highest BCUT2D eigenvalue weighted by atomic mass is 32.1. The lowest BCUT2D eigenvalue weighted by molar-refractivity contribution is 0.159. The van der Waals surface area contributed by atoms with E-state index < -0.39 is 0 Å². The van der Waals surface area contributed by atoms with Crippen LogP contribution in [0.4, 0.5) is 0 Å². The Balaban J connectivity index is 1.30. The number of thiocarbonyl (C=S) groups is 1. The first kappa shape index (κ1) is 18.4. The number of H-pyrrole nitrogens is 1.